The van der Waals surface area contributed by atoms with Crippen molar-refractivity contribution < 1.29 is 9.53 Å². The van der Waals surface area contributed by atoms with Crippen molar-refractivity contribution in [3.63, 3.8) is 0 Å². The fraction of sp³-hybridized carbons (Fsp3) is 0.588. The second-order valence-corrected chi connectivity index (χ2v) is 6.05. The van der Waals surface area contributed by atoms with E-state index < -0.39 is 0 Å². The molecule has 1 aromatic rings. The van der Waals surface area contributed by atoms with Crippen LogP contribution < -0.4 is 0 Å². The van der Waals surface area contributed by atoms with Crippen molar-refractivity contribution in [3.05, 3.63) is 35.9 Å². The molecule has 0 spiro atoms. The zero-order valence-corrected chi connectivity index (χ0v) is 11.5. The van der Waals surface area contributed by atoms with Crippen molar-refractivity contribution in [1.29, 1.82) is 0 Å². The van der Waals surface area contributed by atoms with Crippen molar-refractivity contribution in [2.75, 3.05) is 0 Å². The molecule has 0 radical (unpaired) electrons. The van der Waals surface area contributed by atoms with Crippen LogP contribution in [-0.4, -0.2) is 12.1 Å². The number of esters is 1. The van der Waals surface area contributed by atoms with Crippen LogP contribution in [0.5, 0.6) is 0 Å². The number of hydrogen-bond donors (Lipinski definition) is 0. The number of rotatable bonds is 2. The first kappa shape index (κ1) is 12.7. The molecule has 1 heterocycles. The molecule has 1 saturated heterocycles. The Kier molecular flexibility index (Phi) is 3.58. The van der Waals surface area contributed by atoms with Crippen LogP contribution in [0.3, 0.4) is 0 Å². The lowest BCUT2D eigenvalue weighted by Gasteiger charge is -2.29. The Balaban J connectivity index is 1.79. The van der Waals surface area contributed by atoms with Gasteiger partial charge in [0.15, 0.2) is 0 Å². The van der Waals surface area contributed by atoms with E-state index in [-0.39, 0.29) is 18.0 Å². The predicted molar refractivity (Wildman–Crippen MR) is 74.8 cm³/mol. The highest BCUT2D eigenvalue weighted by atomic mass is 16.6. The minimum atomic E-state index is -0.0619. The van der Waals surface area contributed by atoms with E-state index in [4.69, 9.17) is 4.74 Å². The van der Waals surface area contributed by atoms with E-state index in [1.165, 1.54) is 32.1 Å². The second kappa shape index (κ2) is 5.36. The molecule has 0 bridgehead atoms. The average molecular weight is 258 g/mol. The van der Waals surface area contributed by atoms with E-state index in [0.29, 0.717) is 11.8 Å². The van der Waals surface area contributed by atoms with E-state index in [1.54, 1.807) is 0 Å². The number of ether oxygens (including phenoxy) is 1. The van der Waals surface area contributed by atoms with Gasteiger partial charge in [-0.05, 0) is 24.3 Å². The molecule has 19 heavy (non-hydrogen) atoms. The van der Waals surface area contributed by atoms with Crippen LogP contribution >= 0.6 is 0 Å². The molecule has 0 amide bonds. The molecule has 2 aliphatic rings. The van der Waals surface area contributed by atoms with Crippen LogP contribution in [0.25, 0.3) is 0 Å². The quantitative estimate of drug-likeness (QED) is 0.752. The Morgan fingerprint density at radius 1 is 1.05 bits per heavy atom. The largest absolute Gasteiger partial charge is 0.461 e. The minimum Gasteiger partial charge on any atom is -0.461 e. The SMILES string of the molecule is C[C@@H]1C(c2ccccc2)C(=O)O[C@H]1C1CCCCC1. The number of hydrogen-bond acceptors (Lipinski definition) is 2. The summed E-state index contributed by atoms with van der Waals surface area (Å²) in [6.45, 7) is 2.18. The van der Waals surface area contributed by atoms with E-state index in [2.05, 4.69) is 6.92 Å². The normalized spacial score (nSPS) is 32.3. The van der Waals surface area contributed by atoms with Crippen molar-refractivity contribution in [2.45, 2.75) is 51.0 Å². The maximum absolute atomic E-state index is 12.2. The molecule has 1 aromatic carbocycles. The van der Waals surface area contributed by atoms with Crippen LogP contribution in [-0.2, 0) is 9.53 Å². The molecule has 2 fully saturated rings. The molecule has 102 valence electrons. The van der Waals surface area contributed by atoms with E-state index in [0.717, 1.165) is 5.56 Å². The molecule has 3 atom stereocenters. The molecule has 3 rings (SSSR count). The van der Waals surface area contributed by atoms with Crippen molar-refractivity contribution in [3.8, 4) is 0 Å². The summed E-state index contributed by atoms with van der Waals surface area (Å²) >= 11 is 0. The third-order valence-electron chi connectivity index (χ3n) is 4.82. The topological polar surface area (TPSA) is 26.3 Å². The van der Waals surface area contributed by atoms with Crippen molar-refractivity contribution in [1.82, 2.24) is 0 Å². The average Bonchev–Trinajstić information content (AvgIpc) is 2.76. The summed E-state index contributed by atoms with van der Waals surface area (Å²) < 4.78 is 5.74. The van der Waals surface area contributed by atoms with Gasteiger partial charge in [-0.15, -0.1) is 0 Å². The maximum Gasteiger partial charge on any atom is 0.314 e. The van der Waals surface area contributed by atoms with Crippen molar-refractivity contribution in [2.24, 2.45) is 11.8 Å². The third-order valence-corrected chi connectivity index (χ3v) is 4.82. The predicted octanol–water partition coefficient (Wildman–Crippen LogP) is 3.91. The van der Waals surface area contributed by atoms with Gasteiger partial charge >= 0.3 is 5.97 Å². The van der Waals surface area contributed by atoms with E-state index >= 15 is 0 Å². The molecular weight excluding hydrogens is 236 g/mol. The molecule has 0 N–H and O–H groups in total. The maximum atomic E-state index is 12.2. The van der Waals surface area contributed by atoms with Gasteiger partial charge in [0, 0.05) is 5.92 Å². The highest BCUT2D eigenvalue weighted by Crippen LogP contribution is 2.42. The zero-order chi connectivity index (χ0) is 13.2. The number of cyclic esters (lactones) is 1. The van der Waals surface area contributed by atoms with Crippen LogP contribution in [0.1, 0.15) is 50.5 Å². The molecule has 1 saturated carbocycles. The molecular formula is C17H22O2. The fourth-order valence-electron chi connectivity index (χ4n) is 3.81. The summed E-state index contributed by atoms with van der Waals surface area (Å²) in [5, 5.41) is 0. The van der Waals surface area contributed by atoms with Crippen LogP contribution in [0.15, 0.2) is 30.3 Å². The van der Waals surface area contributed by atoms with Gasteiger partial charge in [-0.25, -0.2) is 0 Å². The summed E-state index contributed by atoms with van der Waals surface area (Å²) in [5.74, 6) is 0.807. The molecule has 1 aliphatic heterocycles. The first-order valence-electron chi connectivity index (χ1n) is 7.53. The van der Waals surface area contributed by atoms with Crippen LogP contribution in [0.4, 0.5) is 0 Å². The standard InChI is InChI=1S/C17H22O2/c1-12-15(13-8-4-2-5-9-13)17(18)19-16(12)14-10-6-3-7-11-14/h2,4-5,8-9,12,14-16H,3,6-7,10-11H2,1H3/t12-,15?,16-/m1/s1. The van der Waals surface area contributed by atoms with Crippen LogP contribution in [0.2, 0.25) is 0 Å². The summed E-state index contributed by atoms with van der Waals surface area (Å²) in [6.07, 6.45) is 6.52. The Hall–Kier alpha value is -1.31. The lowest BCUT2D eigenvalue weighted by atomic mass is 9.77. The molecule has 2 heteroatoms. The molecule has 1 aliphatic carbocycles. The van der Waals surface area contributed by atoms with E-state index in [9.17, 15) is 4.79 Å². The summed E-state index contributed by atoms with van der Waals surface area (Å²) in [6, 6.07) is 10.1. The minimum absolute atomic E-state index is 0.0192. The Morgan fingerprint density at radius 3 is 2.42 bits per heavy atom. The van der Waals surface area contributed by atoms with Gasteiger partial charge < -0.3 is 4.74 Å². The van der Waals surface area contributed by atoms with Gasteiger partial charge in [-0.3, -0.25) is 4.79 Å². The van der Waals surface area contributed by atoms with Gasteiger partial charge in [-0.2, -0.15) is 0 Å². The summed E-state index contributed by atoms with van der Waals surface area (Å²) in [4.78, 5) is 12.2. The van der Waals surface area contributed by atoms with Gasteiger partial charge in [0.25, 0.3) is 0 Å². The Morgan fingerprint density at radius 2 is 1.74 bits per heavy atom. The fourth-order valence-corrected chi connectivity index (χ4v) is 3.81. The smallest absolute Gasteiger partial charge is 0.314 e. The van der Waals surface area contributed by atoms with Crippen LogP contribution in [0, 0.1) is 11.8 Å². The first-order valence-corrected chi connectivity index (χ1v) is 7.53. The summed E-state index contributed by atoms with van der Waals surface area (Å²) in [7, 11) is 0. The molecule has 2 nitrogen and oxygen atoms in total. The van der Waals surface area contributed by atoms with Gasteiger partial charge in [0.1, 0.15) is 6.10 Å². The lowest BCUT2D eigenvalue weighted by Crippen LogP contribution is -2.28. The molecule has 1 unspecified atom stereocenters. The zero-order valence-electron chi connectivity index (χ0n) is 11.5. The van der Waals surface area contributed by atoms with Gasteiger partial charge in [0.05, 0.1) is 5.92 Å². The highest BCUT2D eigenvalue weighted by Gasteiger charge is 2.45. The van der Waals surface area contributed by atoms with Gasteiger partial charge in [-0.1, -0.05) is 56.5 Å². The number of carbonyl (C=O) groups excluding carboxylic acids is 1. The highest BCUT2D eigenvalue weighted by molar-refractivity contribution is 5.80. The number of benzene rings is 1. The second-order valence-electron chi connectivity index (χ2n) is 6.05. The Bertz CT molecular complexity index is 434. The molecule has 0 aromatic heterocycles. The summed E-state index contributed by atoms with van der Waals surface area (Å²) in [5.41, 5.74) is 1.11. The van der Waals surface area contributed by atoms with Gasteiger partial charge in [0.2, 0.25) is 0 Å². The lowest BCUT2D eigenvalue weighted by molar-refractivity contribution is -0.144. The third kappa shape index (κ3) is 2.41. The van der Waals surface area contributed by atoms with E-state index in [1.807, 2.05) is 30.3 Å². The Labute approximate surface area is 115 Å². The monoisotopic (exact) mass is 258 g/mol. The first-order chi connectivity index (χ1) is 9.27. The van der Waals surface area contributed by atoms with Crippen molar-refractivity contribution >= 4 is 5.97 Å². The number of carbonyl (C=O) groups is 1.